The Morgan fingerprint density at radius 3 is 3.00 bits per heavy atom. The van der Waals surface area contributed by atoms with Crippen LogP contribution in [0.3, 0.4) is 0 Å². The van der Waals surface area contributed by atoms with Gasteiger partial charge >= 0.3 is 0 Å². The Morgan fingerprint density at radius 1 is 1.82 bits per heavy atom. The van der Waals surface area contributed by atoms with Gasteiger partial charge in [-0.15, -0.1) is 6.42 Å². The van der Waals surface area contributed by atoms with Crippen LogP contribution in [0.15, 0.2) is 6.20 Å². The number of nitrogens with two attached hydrogens (primary N) is 1. The predicted molar refractivity (Wildman–Crippen MR) is 43.7 cm³/mol. The maximum atomic E-state index is 5.46. The van der Waals surface area contributed by atoms with Crippen molar-refractivity contribution < 1.29 is 0 Å². The number of rotatable bonds is 2. The van der Waals surface area contributed by atoms with Crippen LogP contribution >= 0.6 is 0 Å². The van der Waals surface area contributed by atoms with E-state index in [1.54, 1.807) is 4.68 Å². The third-order valence-corrected chi connectivity index (χ3v) is 1.52. The molecule has 0 aliphatic heterocycles. The third kappa shape index (κ3) is 1.60. The van der Waals surface area contributed by atoms with Crippen molar-refractivity contribution in [3.8, 4) is 12.3 Å². The Balaban J connectivity index is 2.88. The Morgan fingerprint density at radius 2 is 2.55 bits per heavy atom. The van der Waals surface area contributed by atoms with Gasteiger partial charge in [-0.1, -0.05) is 5.92 Å². The molecule has 1 heterocycles. The molecule has 58 valence electrons. The Hall–Kier alpha value is -1.27. The lowest BCUT2D eigenvalue weighted by atomic mass is 10.3. The van der Waals surface area contributed by atoms with E-state index < -0.39 is 0 Å². The van der Waals surface area contributed by atoms with Crippen LogP contribution in [0.1, 0.15) is 11.3 Å². The minimum absolute atomic E-state index is 0.515. The molecule has 0 amide bonds. The van der Waals surface area contributed by atoms with Crippen molar-refractivity contribution in [1.82, 2.24) is 9.78 Å². The summed E-state index contributed by atoms with van der Waals surface area (Å²) in [7, 11) is 0. The van der Waals surface area contributed by atoms with Crippen molar-refractivity contribution in [3.63, 3.8) is 0 Å². The molecule has 11 heavy (non-hydrogen) atoms. The molecule has 0 bridgehead atoms. The average Bonchev–Trinajstić information content (AvgIpc) is 2.32. The first kappa shape index (κ1) is 7.83. The van der Waals surface area contributed by atoms with Crippen molar-refractivity contribution in [3.05, 3.63) is 17.5 Å². The van der Waals surface area contributed by atoms with Crippen LogP contribution in [0.4, 0.5) is 0 Å². The second kappa shape index (κ2) is 3.22. The first-order chi connectivity index (χ1) is 5.27. The molecule has 3 nitrogen and oxygen atoms in total. The van der Waals surface area contributed by atoms with Crippen molar-refractivity contribution in [1.29, 1.82) is 0 Å². The highest BCUT2D eigenvalue weighted by Crippen LogP contribution is 2.03. The summed E-state index contributed by atoms with van der Waals surface area (Å²) < 4.78 is 1.72. The molecule has 0 aliphatic rings. The van der Waals surface area contributed by atoms with E-state index in [4.69, 9.17) is 12.2 Å². The zero-order valence-electron chi connectivity index (χ0n) is 6.54. The zero-order chi connectivity index (χ0) is 8.27. The number of aryl methyl sites for hydroxylation is 1. The summed E-state index contributed by atoms with van der Waals surface area (Å²) in [6.07, 6.45) is 7.00. The molecule has 1 rings (SSSR count). The monoisotopic (exact) mass is 149 g/mol. The van der Waals surface area contributed by atoms with Gasteiger partial charge in [0, 0.05) is 18.3 Å². The lowest BCUT2D eigenvalue weighted by Gasteiger charge is -1.89. The normalized spacial score (nSPS) is 9.55. The molecule has 2 N–H and O–H groups in total. The maximum absolute atomic E-state index is 5.46. The van der Waals surface area contributed by atoms with Gasteiger partial charge in [0.2, 0.25) is 0 Å². The predicted octanol–water partition coefficient (Wildman–Crippen LogP) is 0.283. The first-order valence-electron chi connectivity index (χ1n) is 3.44. The SMILES string of the molecule is C#CCn1cc(CN)c(C)n1. The highest BCUT2D eigenvalue weighted by molar-refractivity contribution is 5.15. The van der Waals surface area contributed by atoms with Crippen LogP contribution in [0.5, 0.6) is 0 Å². The van der Waals surface area contributed by atoms with Crippen molar-refractivity contribution >= 4 is 0 Å². The highest BCUT2D eigenvalue weighted by atomic mass is 15.3. The van der Waals surface area contributed by atoms with E-state index in [2.05, 4.69) is 11.0 Å². The van der Waals surface area contributed by atoms with Gasteiger partial charge in [-0.2, -0.15) is 5.10 Å². The summed E-state index contributed by atoms with van der Waals surface area (Å²) in [5.41, 5.74) is 7.47. The minimum atomic E-state index is 0.515. The molecule has 0 unspecified atom stereocenters. The van der Waals surface area contributed by atoms with Crippen molar-refractivity contribution in [2.24, 2.45) is 5.73 Å². The van der Waals surface area contributed by atoms with Gasteiger partial charge in [-0.3, -0.25) is 4.68 Å². The van der Waals surface area contributed by atoms with Gasteiger partial charge < -0.3 is 5.73 Å². The molecule has 1 aromatic rings. The number of terminal acetylenes is 1. The molecule has 0 saturated carbocycles. The van der Waals surface area contributed by atoms with Crippen molar-refractivity contribution in [2.45, 2.75) is 20.0 Å². The van der Waals surface area contributed by atoms with Crippen molar-refractivity contribution in [2.75, 3.05) is 0 Å². The molecular formula is C8H11N3. The van der Waals surface area contributed by atoms with E-state index in [1.165, 1.54) is 0 Å². The van der Waals surface area contributed by atoms with E-state index in [0.29, 0.717) is 13.1 Å². The largest absolute Gasteiger partial charge is 0.326 e. The average molecular weight is 149 g/mol. The number of aromatic nitrogens is 2. The second-order valence-corrected chi connectivity index (χ2v) is 2.35. The summed E-state index contributed by atoms with van der Waals surface area (Å²) >= 11 is 0. The van der Waals surface area contributed by atoms with Gasteiger partial charge in [0.25, 0.3) is 0 Å². The van der Waals surface area contributed by atoms with Crippen LogP contribution in [0, 0.1) is 19.3 Å². The summed E-state index contributed by atoms with van der Waals surface area (Å²) in [4.78, 5) is 0. The molecular weight excluding hydrogens is 138 g/mol. The fraction of sp³-hybridized carbons (Fsp3) is 0.375. The smallest absolute Gasteiger partial charge is 0.101 e. The Labute approximate surface area is 66.2 Å². The highest BCUT2D eigenvalue weighted by Gasteiger charge is 2.00. The van der Waals surface area contributed by atoms with E-state index in [9.17, 15) is 0 Å². The van der Waals surface area contributed by atoms with E-state index >= 15 is 0 Å². The zero-order valence-corrected chi connectivity index (χ0v) is 6.54. The molecule has 0 radical (unpaired) electrons. The molecule has 0 atom stereocenters. The maximum Gasteiger partial charge on any atom is 0.101 e. The topological polar surface area (TPSA) is 43.8 Å². The third-order valence-electron chi connectivity index (χ3n) is 1.52. The van der Waals surface area contributed by atoms with Gasteiger partial charge in [-0.25, -0.2) is 0 Å². The van der Waals surface area contributed by atoms with E-state index in [-0.39, 0.29) is 0 Å². The lowest BCUT2D eigenvalue weighted by Crippen LogP contribution is -1.96. The molecule has 0 fully saturated rings. The van der Waals surface area contributed by atoms with Crippen LogP contribution in [-0.4, -0.2) is 9.78 Å². The number of hydrogen-bond acceptors (Lipinski definition) is 2. The fourth-order valence-corrected chi connectivity index (χ4v) is 0.934. The standard InChI is InChI=1S/C8H11N3/c1-3-4-11-6-8(5-9)7(2)10-11/h1,6H,4-5,9H2,2H3. The molecule has 1 aromatic heterocycles. The molecule has 0 spiro atoms. The van der Waals surface area contributed by atoms with E-state index in [0.717, 1.165) is 11.3 Å². The fourth-order valence-electron chi connectivity index (χ4n) is 0.934. The Bertz CT molecular complexity index is 280. The number of hydrogen-bond donors (Lipinski definition) is 1. The number of nitrogens with zero attached hydrogens (tertiary/aromatic N) is 2. The summed E-state index contributed by atoms with van der Waals surface area (Å²) in [6, 6.07) is 0. The minimum Gasteiger partial charge on any atom is -0.326 e. The summed E-state index contributed by atoms with van der Waals surface area (Å²) in [6.45, 7) is 2.96. The summed E-state index contributed by atoms with van der Waals surface area (Å²) in [5.74, 6) is 2.51. The van der Waals surface area contributed by atoms with Gasteiger partial charge in [0.15, 0.2) is 0 Å². The summed E-state index contributed by atoms with van der Waals surface area (Å²) in [5, 5.41) is 4.17. The van der Waals surface area contributed by atoms with Gasteiger partial charge in [0.1, 0.15) is 6.54 Å². The lowest BCUT2D eigenvalue weighted by molar-refractivity contribution is 0.707. The Kier molecular flexibility index (Phi) is 2.29. The van der Waals surface area contributed by atoms with Crippen LogP contribution < -0.4 is 5.73 Å². The molecule has 0 aromatic carbocycles. The van der Waals surface area contributed by atoms with Crippen LogP contribution in [-0.2, 0) is 13.1 Å². The molecule has 0 aliphatic carbocycles. The van der Waals surface area contributed by atoms with E-state index in [1.807, 2.05) is 13.1 Å². The van der Waals surface area contributed by atoms with Gasteiger partial charge in [-0.05, 0) is 6.92 Å². The quantitative estimate of drug-likeness (QED) is 0.614. The molecule has 0 saturated heterocycles. The first-order valence-corrected chi connectivity index (χ1v) is 3.44. The second-order valence-electron chi connectivity index (χ2n) is 2.35. The van der Waals surface area contributed by atoms with Crippen LogP contribution in [0.25, 0.3) is 0 Å². The van der Waals surface area contributed by atoms with Crippen LogP contribution in [0.2, 0.25) is 0 Å². The molecule has 3 heteroatoms. The van der Waals surface area contributed by atoms with Gasteiger partial charge in [0.05, 0.1) is 5.69 Å².